The third-order valence-electron chi connectivity index (χ3n) is 3.52. The van der Waals surface area contributed by atoms with Crippen LogP contribution in [0.1, 0.15) is 36.0 Å². The van der Waals surface area contributed by atoms with Crippen molar-refractivity contribution in [2.24, 2.45) is 5.92 Å². The molecule has 1 saturated carbocycles. The number of alkyl halides is 1. The normalized spacial score (nSPS) is 23.1. The third-order valence-corrected chi connectivity index (χ3v) is 5.34. The maximum atomic E-state index is 13.1. The molecule has 0 spiro atoms. The molecular formula is C14H16Br2FNO. The molecule has 1 N–H and O–H groups in total. The summed E-state index contributed by atoms with van der Waals surface area (Å²) < 4.78 is 13.4. The van der Waals surface area contributed by atoms with Crippen LogP contribution in [-0.4, -0.2) is 17.3 Å². The number of benzene rings is 1. The van der Waals surface area contributed by atoms with Crippen molar-refractivity contribution in [3.8, 4) is 0 Å². The van der Waals surface area contributed by atoms with Gasteiger partial charge in [-0.15, -0.1) is 0 Å². The molecule has 0 saturated heterocycles. The summed E-state index contributed by atoms with van der Waals surface area (Å²) in [5.41, 5.74) is 0.482. The predicted molar refractivity (Wildman–Crippen MR) is 81.1 cm³/mol. The van der Waals surface area contributed by atoms with E-state index in [0.29, 0.717) is 27.3 Å². The fourth-order valence-corrected chi connectivity index (χ4v) is 3.51. The number of rotatable bonds is 3. The van der Waals surface area contributed by atoms with Gasteiger partial charge in [0.15, 0.2) is 0 Å². The van der Waals surface area contributed by atoms with Gasteiger partial charge in [0.1, 0.15) is 5.82 Å². The highest BCUT2D eigenvalue weighted by molar-refractivity contribution is 9.10. The maximum absolute atomic E-state index is 13.1. The van der Waals surface area contributed by atoms with Crippen LogP contribution in [0.25, 0.3) is 0 Å². The highest BCUT2D eigenvalue weighted by Crippen LogP contribution is 2.29. The molecule has 1 aromatic carbocycles. The second-order valence-electron chi connectivity index (χ2n) is 4.90. The van der Waals surface area contributed by atoms with Gasteiger partial charge in [-0.1, -0.05) is 28.8 Å². The Hall–Kier alpha value is -0.420. The zero-order chi connectivity index (χ0) is 13.8. The average molecular weight is 393 g/mol. The molecule has 5 heteroatoms. The Bertz CT molecular complexity index is 467. The Kier molecular flexibility index (Phi) is 5.39. The monoisotopic (exact) mass is 391 g/mol. The lowest BCUT2D eigenvalue weighted by Gasteiger charge is -2.27. The van der Waals surface area contributed by atoms with E-state index in [1.807, 2.05) is 0 Å². The van der Waals surface area contributed by atoms with E-state index in [1.165, 1.54) is 37.5 Å². The molecule has 1 amide bonds. The van der Waals surface area contributed by atoms with Crippen LogP contribution >= 0.6 is 31.9 Å². The number of hydrogen-bond acceptors (Lipinski definition) is 1. The number of hydrogen-bond donors (Lipinski definition) is 1. The smallest absolute Gasteiger partial charge is 0.251 e. The van der Waals surface area contributed by atoms with E-state index < -0.39 is 0 Å². The molecule has 0 bridgehead atoms. The summed E-state index contributed by atoms with van der Waals surface area (Å²) in [5.74, 6) is -0.0167. The minimum Gasteiger partial charge on any atom is -0.352 e. The number of nitrogens with one attached hydrogen (secondary N) is 1. The summed E-state index contributed by atoms with van der Waals surface area (Å²) >= 11 is 6.76. The van der Waals surface area contributed by atoms with Crippen LogP contribution in [0.3, 0.4) is 0 Å². The van der Waals surface area contributed by atoms with Crippen molar-refractivity contribution in [1.82, 2.24) is 5.32 Å². The van der Waals surface area contributed by atoms with Crippen LogP contribution in [0, 0.1) is 11.7 Å². The van der Waals surface area contributed by atoms with Gasteiger partial charge in [-0.2, -0.15) is 0 Å². The maximum Gasteiger partial charge on any atom is 0.251 e. The SMILES string of the molecule is O=C(NCC1CCCCC1Br)c1ccc(F)c(Br)c1. The second-order valence-corrected chi connectivity index (χ2v) is 6.93. The first kappa shape index (κ1) is 15.0. The third kappa shape index (κ3) is 4.02. The lowest BCUT2D eigenvalue weighted by molar-refractivity contribution is 0.0944. The Balaban J connectivity index is 1.91. The van der Waals surface area contributed by atoms with Crippen LogP contribution < -0.4 is 5.32 Å². The summed E-state index contributed by atoms with van der Waals surface area (Å²) in [5, 5.41) is 2.93. The molecule has 1 fully saturated rings. The Morgan fingerprint density at radius 1 is 1.37 bits per heavy atom. The van der Waals surface area contributed by atoms with E-state index in [1.54, 1.807) is 0 Å². The molecule has 1 aliphatic carbocycles. The van der Waals surface area contributed by atoms with Crippen molar-refractivity contribution in [3.63, 3.8) is 0 Å². The molecule has 1 aromatic rings. The molecule has 2 rings (SSSR count). The highest BCUT2D eigenvalue weighted by Gasteiger charge is 2.23. The van der Waals surface area contributed by atoms with E-state index in [-0.39, 0.29) is 11.7 Å². The number of amides is 1. The van der Waals surface area contributed by atoms with Gasteiger partial charge in [0.2, 0.25) is 0 Å². The predicted octanol–water partition coefficient (Wildman–Crippen LogP) is 4.27. The molecule has 2 unspecified atom stereocenters. The van der Waals surface area contributed by atoms with E-state index >= 15 is 0 Å². The Morgan fingerprint density at radius 3 is 2.79 bits per heavy atom. The first-order chi connectivity index (χ1) is 9.08. The first-order valence-corrected chi connectivity index (χ1v) is 8.16. The number of carbonyl (C=O) groups is 1. The van der Waals surface area contributed by atoms with Gasteiger partial charge in [0, 0.05) is 16.9 Å². The molecule has 1 aliphatic rings. The lowest BCUT2D eigenvalue weighted by Crippen LogP contribution is -2.34. The Labute approximate surface area is 129 Å². The van der Waals surface area contributed by atoms with Gasteiger partial charge in [-0.05, 0) is 52.9 Å². The molecule has 2 atom stereocenters. The largest absolute Gasteiger partial charge is 0.352 e. The van der Waals surface area contributed by atoms with Crippen molar-refractivity contribution in [2.75, 3.05) is 6.54 Å². The second kappa shape index (κ2) is 6.84. The summed E-state index contributed by atoms with van der Waals surface area (Å²) in [6.45, 7) is 0.670. The standard InChI is InChI=1S/C14H16Br2FNO/c15-11-4-2-1-3-10(11)8-18-14(19)9-5-6-13(17)12(16)7-9/h5-7,10-11H,1-4,8H2,(H,18,19). The molecule has 0 aromatic heterocycles. The molecular weight excluding hydrogens is 377 g/mol. The van der Waals surface area contributed by atoms with Gasteiger partial charge >= 0.3 is 0 Å². The number of carbonyl (C=O) groups excluding carboxylic acids is 1. The van der Waals surface area contributed by atoms with Crippen molar-refractivity contribution in [3.05, 3.63) is 34.1 Å². The average Bonchev–Trinajstić information content (AvgIpc) is 2.40. The minimum absolute atomic E-state index is 0.147. The molecule has 2 nitrogen and oxygen atoms in total. The Morgan fingerprint density at radius 2 is 2.11 bits per heavy atom. The summed E-state index contributed by atoms with van der Waals surface area (Å²) in [6, 6.07) is 4.31. The van der Waals surface area contributed by atoms with E-state index in [2.05, 4.69) is 37.2 Å². The summed E-state index contributed by atoms with van der Waals surface area (Å²) in [7, 11) is 0. The number of halogens is 3. The van der Waals surface area contributed by atoms with Crippen molar-refractivity contribution in [1.29, 1.82) is 0 Å². The zero-order valence-electron chi connectivity index (χ0n) is 10.5. The van der Waals surface area contributed by atoms with Crippen LogP contribution in [-0.2, 0) is 0 Å². The summed E-state index contributed by atoms with van der Waals surface area (Å²) in [4.78, 5) is 12.5. The van der Waals surface area contributed by atoms with Crippen molar-refractivity contribution < 1.29 is 9.18 Å². The van der Waals surface area contributed by atoms with Crippen molar-refractivity contribution >= 4 is 37.8 Å². The van der Waals surface area contributed by atoms with Gasteiger partial charge in [-0.25, -0.2) is 4.39 Å². The zero-order valence-corrected chi connectivity index (χ0v) is 13.6. The molecule has 0 aliphatic heterocycles. The fourth-order valence-electron chi connectivity index (χ4n) is 2.36. The van der Waals surface area contributed by atoms with E-state index in [4.69, 9.17) is 0 Å². The lowest BCUT2D eigenvalue weighted by atomic mass is 9.89. The van der Waals surface area contributed by atoms with Gasteiger partial charge < -0.3 is 5.32 Å². The van der Waals surface area contributed by atoms with Gasteiger partial charge in [0.05, 0.1) is 4.47 Å². The molecule has 0 heterocycles. The quantitative estimate of drug-likeness (QED) is 0.764. The molecule has 19 heavy (non-hydrogen) atoms. The highest BCUT2D eigenvalue weighted by atomic mass is 79.9. The van der Waals surface area contributed by atoms with Crippen LogP contribution in [0.2, 0.25) is 0 Å². The summed E-state index contributed by atoms with van der Waals surface area (Å²) in [6.07, 6.45) is 4.79. The topological polar surface area (TPSA) is 29.1 Å². The van der Waals surface area contributed by atoms with Crippen LogP contribution in [0.15, 0.2) is 22.7 Å². The van der Waals surface area contributed by atoms with E-state index in [9.17, 15) is 9.18 Å². The first-order valence-electron chi connectivity index (χ1n) is 6.45. The van der Waals surface area contributed by atoms with Crippen LogP contribution in [0.4, 0.5) is 4.39 Å². The van der Waals surface area contributed by atoms with E-state index in [0.717, 1.165) is 6.42 Å². The van der Waals surface area contributed by atoms with Gasteiger partial charge in [-0.3, -0.25) is 4.79 Å². The fraction of sp³-hybridized carbons (Fsp3) is 0.500. The minimum atomic E-state index is -0.357. The van der Waals surface area contributed by atoms with Gasteiger partial charge in [0.25, 0.3) is 5.91 Å². The molecule has 0 radical (unpaired) electrons. The van der Waals surface area contributed by atoms with Crippen LogP contribution in [0.5, 0.6) is 0 Å². The molecule has 104 valence electrons. The van der Waals surface area contributed by atoms with Crippen molar-refractivity contribution in [2.45, 2.75) is 30.5 Å².